The van der Waals surface area contributed by atoms with Gasteiger partial charge in [0.25, 0.3) is 0 Å². The minimum Gasteiger partial charge on any atom is -0.449 e. The third-order valence-electron chi connectivity index (χ3n) is 7.42. The first-order valence-corrected chi connectivity index (χ1v) is 12.9. The Morgan fingerprint density at radius 2 is 1.94 bits per heavy atom. The Morgan fingerprint density at radius 1 is 1.12 bits per heavy atom. The number of unbranched alkanes of at least 4 members (excludes halogenated alkanes) is 1. The number of nitrogens with zero attached hydrogens (tertiary/aromatic N) is 6. The van der Waals surface area contributed by atoms with E-state index in [9.17, 15) is 4.79 Å². The van der Waals surface area contributed by atoms with Crippen LogP contribution in [0.15, 0.2) is 6.20 Å². The van der Waals surface area contributed by atoms with Crippen molar-refractivity contribution < 1.29 is 13.9 Å². The van der Waals surface area contributed by atoms with Crippen LogP contribution >= 0.6 is 11.6 Å². The van der Waals surface area contributed by atoms with E-state index in [4.69, 9.17) is 21.3 Å². The van der Waals surface area contributed by atoms with E-state index >= 15 is 4.39 Å². The summed E-state index contributed by atoms with van der Waals surface area (Å²) in [7, 11) is 0. The fourth-order valence-electron chi connectivity index (χ4n) is 5.55. The number of carbonyl (C=O) groups is 1. The van der Waals surface area contributed by atoms with Gasteiger partial charge in [-0.05, 0) is 44.9 Å². The lowest BCUT2D eigenvalue weighted by molar-refractivity contribution is 0.0751. The average molecular weight is 491 g/mol. The Kier molecular flexibility index (Phi) is 6.64. The first kappa shape index (κ1) is 23.3. The fourth-order valence-corrected chi connectivity index (χ4v) is 5.69. The number of rotatable bonds is 5. The highest BCUT2D eigenvalue weighted by Gasteiger charge is 2.49. The predicted molar refractivity (Wildman–Crippen MR) is 130 cm³/mol. The quantitative estimate of drug-likeness (QED) is 0.440. The standard InChI is InChI=1S/C24H32ClFN6O2/c1-2-3-14-34-23(33)32-12-7-8-24(32)9-13-31(16-24)22-28-19-17(15-27-20(25)18(19)26)21(29-22)30-10-5-4-6-11-30/h15H,2-14,16H2,1H3. The molecule has 0 aliphatic carbocycles. The highest BCUT2D eigenvalue weighted by Crippen LogP contribution is 2.40. The molecule has 184 valence electrons. The third-order valence-corrected chi connectivity index (χ3v) is 7.68. The van der Waals surface area contributed by atoms with Gasteiger partial charge in [0.15, 0.2) is 11.0 Å². The number of fused-ring (bicyclic) bond motifs is 1. The van der Waals surface area contributed by atoms with Crippen LogP contribution in [-0.4, -0.2) is 70.8 Å². The molecule has 3 fully saturated rings. The van der Waals surface area contributed by atoms with Gasteiger partial charge in [-0.1, -0.05) is 24.9 Å². The van der Waals surface area contributed by atoms with Crippen molar-refractivity contribution in [3.05, 3.63) is 17.2 Å². The topological polar surface area (TPSA) is 74.7 Å². The van der Waals surface area contributed by atoms with Crippen LogP contribution in [0, 0.1) is 5.82 Å². The zero-order valence-electron chi connectivity index (χ0n) is 19.7. The number of halogens is 2. The Labute approximate surface area is 204 Å². The highest BCUT2D eigenvalue weighted by atomic mass is 35.5. The summed E-state index contributed by atoms with van der Waals surface area (Å²) in [5, 5.41) is 0.403. The number of carbonyl (C=O) groups excluding carboxylic acids is 1. The van der Waals surface area contributed by atoms with E-state index in [1.165, 1.54) is 6.42 Å². The first-order chi connectivity index (χ1) is 16.5. The number of likely N-dealkylation sites (tertiary alicyclic amines) is 1. The lowest BCUT2D eigenvalue weighted by Crippen LogP contribution is -2.49. The van der Waals surface area contributed by atoms with E-state index in [2.05, 4.69) is 26.7 Å². The lowest BCUT2D eigenvalue weighted by Gasteiger charge is -2.34. The Balaban J connectivity index is 1.45. The number of aromatic nitrogens is 3. The minimum atomic E-state index is -0.614. The Hall–Kier alpha value is -2.42. The van der Waals surface area contributed by atoms with Crippen molar-refractivity contribution >= 4 is 40.4 Å². The molecule has 0 radical (unpaired) electrons. The smallest absolute Gasteiger partial charge is 0.410 e. The second kappa shape index (κ2) is 9.68. The number of pyridine rings is 1. The molecular weight excluding hydrogens is 459 g/mol. The molecule has 5 heterocycles. The van der Waals surface area contributed by atoms with E-state index in [0.29, 0.717) is 43.4 Å². The van der Waals surface area contributed by atoms with Gasteiger partial charge < -0.3 is 19.4 Å². The van der Waals surface area contributed by atoms with E-state index in [1.807, 2.05) is 4.90 Å². The van der Waals surface area contributed by atoms with E-state index < -0.39 is 5.82 Å². The van der Waals surface area contributed by atoms with Crippen LogP contribution in [0.4, 0.5) is 21.0 Å². The molecule has 0 N–H and O–H groups in total. The lowest BCUT2D eigenvalue weighted by atomic mass is 9.95. The van der Waals surface area contributed by atoms with Gasteiger partial charge in [0, 0.05) is 38.9 Å². The number of amides is 1. The maximum Gasteiger partial charge on any atom is 0.410 e. The van der Waals surface area contributed by atoms with Gasteiger partial charge in [-0.3, -0.25) is 0 Å². The van der Waals surface area contributed by atoms with Crippen molar-refractivity contribution in [2.45, 2.75) is 63.8 Å². The van der Waals surface area contributed by atoms with Crippen molar-refractivity contribution in [3.63, 3.8) is 0 Å². The number of piperidine rings is 1. The summed E-state index contributed by atoms with van der Waals surface area (Å²) in [4.78, 5) is 32.5. The van der Waals surface area contributed by atoms with Gasteiger partial charge >= 0.3 is 6.09 Å². The van der Waals surface area contributed by atoms with Gasteiger partial charge in [-0.2, -0.15) is 4.98 Å². The van der Waals surface area contributed by atoms with Crippen molar-refractivity contribution in [2.24, 2.45) is 0 Å². The summed E-state index contributed by atoms with van der Waals surface area (Å²) in [6.45, 7) is 6.28. The van der Waals surface area contributed by atoms with Crippen LogP contribution in [0.25, 0.3) is 10.9 Å². The van der Waals surface area contributed by atoms with Gasteiger partial charge in [0.1, 0.15) is 11.3 Å². The SMILES string of the molecule is CCCCOC(=O)N1CCCC12CCN(c1nc(N3CCCCC3)c3cnc(Cl)c(F)c3n1)C2. The van der Waals surface area contributed by atoms with Crippen molar-refractivity contribution in [1.29, 1.82) is 0 Å². The molecule has 3 saturated heterocycles. The first-order valence-electron chi connectivity index (χ1n) is 12.5. The summed E-state index contributed by atoms with van der Waals surface area (Å²) >= 11 is 6.01. The third kappa shape index (κ3) is 4.23. The molecule has 3 aliphatic rings. The maximum atomic E-state index is 15.0. The molecule has 2 aromatic rings. The minimum absolute atomic E-state index is 0.184. The Bertz CT molecular complexity index is 1070. The highest BCUT2D eigenvalue weighted by molar-refractivity contribution is 6.30. The molecule has 0 saturated carbocycles. The second-order valence-electron chi connectivity index (χ2n) is 9.64. The number of hydrogen-bond acceptors (Lipinski definition) is 7. The monoisotopic (exact) mass is 490 g/mol. The predicted octanol–water partition coefficient (Wildman–Crippen LogP) is 4.79. The summed E-state index contributed by atoms with van der Waals surface area (Å²) in [6, 6.07) is 0. The molecule has 1 atom stereocenters. The molecule has 5 rings (SSSR count). The zero-order valence-corrected chi connectivity index (χ0v) is 20.5. The summed E-state index contributed by atoms with van der Waals surface area (Å²) in [5.74, 6) is 0.584. The zero-order chi connectivity index (χ0) is 23.7. The molecule has 34 heavy (non-hydrogen) atoms. The molecular formula is C24H32ClFN6O2. The normalized spacial score (nSPS) is 22.9. The molecule has 1 amide bonds. The average Bonchev–Trinajstić information content (AvgIpc) is 3.48. The summed E-state index contributed by atoms with van der Waals surface area (Å²) < 4.78 is 20.6. The molecule has 10 heteroatoms. The van der Waals surface area contributed by atoms with E-state index in [1.54, 1.807) is 6.20 Å². The molecule has 1 spiro atoms. The van der Waals surface area contributed by atoms with Crippen LogP contribution in [-0.2, 0) is 4.74 Å². The molecule has 0 bridgehead atoms. The largest absolute Gasteiger partial charge is 0.449 e. The van der Waals surface area contributed by atoms with Crippen LogP contribution in [0.5, 0.6) is 0 Å². The van der Waals surface area contributed by atoms with Crippen molar-refractivity contribution in [2.75, 3.05) is 49.1 Å². The van der Waals surface area contributed by atoms with E-state index in [0.717, 1.165) is 58.0 Å². The number of hydrogen-bond donors (Lipinski definition) is 0. The molecule has 2 aromatic heterocycles. The van der Waals surface area contributed by atoms with Crippen LogP contribution in [0.2, 0.25) is 5.15 Å². The van der Waals surface area contributed by atoms with Crippen LogP contribution < -0.4 is 9.80 Å². The number of ether oxygens (including phenoxy) is 1. The van der Waals surface area contributed by atoms with Gasteiger partial charge in [0.05, 0.1) is 17.5 Å². The molecule has 0 aromatic carbocycles. The maximum absolute atomic E-state index is 15.0. The van der Waals surface area contributed by atoms with Crippen LogP contribution in [0.3, 0.4) is 0 Å². The fraction of sp³-hybridized carbons (Fsp3) is 0.667. The van der Waals surface area contributed by atoms with Crippen molar-refractivity contribution in [3.8, 4) is 0 Å². The molecule has 8 nitrogen and oxygen atoms in total. The number of anilines is 2. The second-order valence-corrected chi connectivity index (χ2v) is 10.00. The summed E-state index contributed by atoms with van der Waals surface area (Å²) in [5.41, 5.74) is -0.0878. The van der Waals surface area contributed by atoms with E-state index in [-0.39, 0.29) is 22.3 Å². The molecule has 1 unspecified atom stereocenters. The Morgan fingerprint density at radius 3 is 2.74 bits per heavy atom. The van der Waals surface area contributed by atoms with Gasteiger partial charge in [-0.25, -0.2) is 19.2 Å². The van der Waals surface area contributed by atoms with Gasteiger partial charge in [0.2, 0.25) is 5.95 Å². The van der Waals surface area contributed by atoms with Crippen LogP contribution in [0.1, 0.15) is 58.3 Å². The summed E-state index contributed by atoms with van der Waals surface area (Å²) in [6.07, 6.45) is 9.22. The van der Waals surface area contributed by atoms with Gasteiger partial charge in [-0.15, -0.1) is 0 Å². The van der Waals surface area contributed by atoms with Crippen molar-refractivity contribution in [1.82, 2.24) is 19.9 Å². The molecule has 3 aliphatic heterocycles.